The Labute approximate surface area is 163 Å². The molecule has 2 fully saturated rings. The third-order valence-electron chi connectivity index (χ3n) is 5.09. The van der Waals surface area contributed by atoms with Crippen LogP contribution in [0.4, 0.5) is 0 Å². The molecule has 2 rings (SSSR count). The van der Waals surface area contributed by atoms with Gasteiger partial charge in [0.15, 0.2) is 5.96 Å². The van der Waals surface area contributed by atoms with E-state index in [1.54, 1.807) is 0 Å². The van der Waals surface area contributed by atoms with Crippen molar-refractivity contribution in [2.24, 2.45) is 10.9 Å². The molecule has 1 saturated heterocycles. The topological polar surface area (TPSA) is 83.0 Å². The fourth-order valence-electron chi connectivity index (χ4n) is 3.62. The van der Waals surface area contributed by atoms with Gasteiger partial charge in [0.1, 0.15) is 6.10 Å². The second-order valence-corrected chi connectivity index (χ2v) is 7.83. The van der Waals surface area contributed by atoms with Gasteiger partial charge in [-0.05, 0) is 45.4 Å². The van der Waals surface area contributed by atoms with E-state index in [-0.39, 0.29) is 29.9 Å². The number of amides is 1. The van der Waals surface area contributed by atoms with Crippen molar-refractivity contribution >= 4 is 17.8 Å². The molecule has 0 bridgehead atoms. The summed E-state index contributed by atoms with van der Waals surface area (Å²) in [5, 5.41) is 6.66. The molecule has 1 heterocycles. The predicted octanol–water partition coefficient (Wildman–Crippen LogP) is 2.06. The van der Waals surface area contributed by atoms with Gasteiger partial charge in [0, 0.05) is 44.6 Å². The smallest absolute Gasteiger partial charge is 0.306 e. The Morgan fingerprint density at radius 1 is 1.22 bits per heavy atom. The number of hydrogen-bond acceptors (Lipinski definition) is 4. The highest BCUT2D eigenvalue weighted by Gasteiger charge is 2.28. The van der Waals surface area contributed by atoms with E-state index in [0.29, 0.717) is 19.4 Å². The lowest BCUT2D eigenvalue weighted by Crippen LogP contribution is -2.45. The van der Waals surface area contributed by atoms with Crippen LogP contribution in [0.15, 0.2) is 4.99 Å². The van der Waals surface area contributed by atoms with Crippen molar-refractivity contribution in [2.45, 2.75) is 77.9 Å². The first-order chi connectivity index (χ1) is 13.0. The van der Waals surface area contributed by atoms with E-state index in [1.807, 2.05) is 25.7 Å². The zero-order valence-electron chi connectivity index (χ0n) is 17.1. The third-order valence-corrected chi connectivity index (χ3v) is 5.09. The highest BCUT2D eigenvalue weighted by Crippen LogP contribution is 2.21. The number of hydrogen-bond donors (Lipinski definition) is 2. The van der Waals surface area contributed by atoms with Gasteiger partial charge < -0.3 is 20.3 Å². The monoisotopic (exact) mass is 380 g/mol. The van der Waals surface area contributed by atoms with Crippen molar-refractivity contribution in [2.75, 3.05) is 26.2 Å². The van der Waals surface area contributed by atoms with Crippen molar-refractivity contribution in [3.63, 3.8) is 0 Å². The molecule has 0 radical (unpaired) electrons. The van der Waals surface area contributed by atoms with Crippen LogP contribution >= 0.6 is 0 Å². The molecular formula is C20H36N4O3. The number of nitrogens with zero attached hydrogens (tertiary/aromatic N) is 2. The highest BCUT2D eigenvalue weighted by atomic mass is 16.5. The number of carbonyl (C=O) groups is 2. The van der Waals surface area contributed by atoms with Crippen molar-refractivity contribution in [3.8, 4) is 0 Å². The Hall–Kier alpha value is -1.79. The molecule has 2 aliphatic rings. The van der Waals surface area contributed by atoms with E-state index >= 15 is 0 Å². The average Bonchev–Trinajstić information content (AvgIpc) is 3.30. The van der Waals surface area contributed by atoms with Gasteiger partial charge in [-0.1, -0.05) is 13.8 Å². The number of guanidine groups is 1. The van der Waals surface area contributed by atoms with Crippen LogP contribution in [0.5, 0.6) is 0 Å². The molecule has 0 aromatic rings. The first kappa shape index (κ1) is 21.5. The molecule has 1 amide bonds. The number of nitrogens with one attached hydrogen (secondary N) is 2. The number of rotatable bonds is 8. The van der Waals surface area contributed by atoms with Crippen LogP contribution in [0.1, 0.15) is 65.7 Å². The van der Waals surface area contributed by atoms with Gasteiger partial charge in [-0.15, -0.1) is 0 Å². The molecule has 1 aliphatic carbocycles. The summed E-state index contributed by atoms with van der Waals surface area (Å²) in [6.45, 7) is 8.77. The number of likely N-dealkylation sites (tertiary alicyclic amines) is 1. The van der Waals surface area contributed by atoms with E-state index in [0.717, 1.165) is 44.9 Å². The molecule has 1 saturated carbocycles. The first-order valence-electron chi connectivity index (χ1n) is 10.5. The van der Waals surface area contributed by atoms with Crippen molar-refractivity contribution in [3.05, 3.63) is 0 Å². The number of ether oxygens (including phenoxy) is 1. The van der Waals surface area contributed by atoms with Gasteiger partial charge in [-0.2, -0.15) is 0 Å². The van der Waals surface area contributed by atoms with Crippen LogP contribution < -0.4 is 10.6 Å². The minimum Gasteiger partial charge on any atom is -0.462 e. The lowest BCUT2D eigenvalue weighted by Gasteiger charge is -2.20. The molecule has 2 N–H and O–H groups in total. The number of carbonyl (C=O) groups excluding carboxylic acids is 2. The van der Waals surface area contributed by atoms with E-state index in [9.17, 15) is 9.59 Å². The van der Waals surface area contributed by atoms with Crippen molar-refractivity contribution < 1.29 is 14.3 Å². The molecule has 0 aromatic heterocycles. The quantitative estimate of drug-likeness (QED) is 0.291. The Morgan fingerprint density at radius 2 is 1.96 bits per heavy atom. The molecule has 27 heavy (non-hydrogen) atoms. The van der Waals surface area contributed by atoms with Gasteiger partial charge in [0.2, 0.25) is 5.91 Å². The van der Waals surface area contributed by atoms with Crippen molar-refractivity contribution in [1.29, 1.82) is 0 Å². The summed E-state index contributed by atoms with van der Waals surface area (Å²) in [7, 11) is 0. The lowest BCUT2D eigenvalue weighted by molar-refractivity contribution is -0.148. The highest BCUT2D eigenvalue weighted by molar-refractivity contribution is 5.81. The van der Waals surface area contributed by atoms with Gasteiger partial charge in [0.05, 0.1) is 0 Å². The van der Waals surface area contributed by atoms with Crippen LogP contribution in [-0.4, -0.2) is 61.1 Å². The van der Waals surface area contributed by atoms with Crippen LogP contribution in [0.3, 0.4) is 0 Å². The van der Waals surface area contributed by atoms with E-state index in [4.69, 9.17) is 4.74 Å². The second-order valence-electron chi connectivity index (χ2n) is 7.83. The zero-order valence-corrected chi connectivity index (χ0v) is 17.1. The Balaban J connectivity index is 1.70. The molecule has 1 aliphatic heterocycles. The standard InChI is InChI=1S/C20H36N4O3/c1-4-21-20(23-16-11-13-24(14-16)19(26)15(2)3)22-12-7-10-18(25)27-17-8-5-6-9-17/h15-17H,4-14H2,1-3H3,(H2,21,22,23). The molecule has 1 atom stereocenters. The summed E-state index contributed by atoms with van der Waals surface area (Å²) < 4.78 is 5.47. The molecule has 7 heteroatoms. The van der Waals surface area contributed by atoms with Gasteiger partial charge >= 0.3 is 5.97 Å². The Morgan fingerprint density at radius 3 is 2.63 bits per heavy atom. The molecule has 7 nitrogen and oxygen atoms in total. The molecule has 0 aromatic carbocycles. The lowest BCUT2D eigenvalue weighted by atomic mass is 10.2. The van der Waals surface area contributed by atoms with E-state index < -0.39 is 0 Å². The zero-order chi connectivity index (χ0) is 19.6. The molecule has 0 spiro atoms. The van der Waals surface area contributed by atoms with Crippen molar-refractivity contribution in [1.82, 2.24) is 15.5 Å². The largest absolute Gasteiger partial charge is 0.462 e. The van der Waals surface area contributed by atoms with Crippen LogP contribution in [-0.2, 0) is 14.3 Å². The Bertz CT molecular complexity index is 515. The van der Waals surface area contributed by atoms with Gasteiger partial charge in [-0.25, -0.2) is 0 Å². The maximum atomic E-state index is 12.1. The maximum Gasteiger partial charge on any atom is 0.306 e. The third kappa shape index (κ3) is 7.39. The minimum atomic E-state index is -0.103. The minimum absolute atomic E-state index is 0.0367. The van der Waals surface area contributed by atoms with Gasteiger partial charge in [-0.3, -0.25) is 14.6 Å². The fourth-order valence-corrected chi connectivity index (χ4v) is 3.62. The normalized spacial score (nSPS) is 21.0. The van der Waals surface area contributed by atoms with Crippen LogP contribution in [0.2, 0.25) is 0 Å². The van der Waals surface area contributed by atoms with E-state index in [2.05, 4.69) is 15.6 Å². The predicted molar refractivity (Wildman–Crippen MR) is 107 cm³/mol. The second kappa shape index (κ2) is 11.1. The fraction of sp³-hybridized carbons (Fsp3) is 0.850. The summed E-state index contributed by atoms with van der Waals surface area (Å²) in [6, 6.07) is 0.220. The number of aliphatic imine (C=N–C) groups is 1. The molecule has 1 unspecified atom stereocenters. The summed E-state index contributed by atoms with van der Waals surface area (Å²) in [5.74, 6) is 0.899. The van der Waals surface area contributed by atoms with E-state index in [1.165, 1.54) is 12.8 Å². The Kier molecular flexibility index (Phi) is 8.88. The summed E-state index contributed by atoms with van der Waals surface area (Å²) in [6.07, 6.45) is 6.52. The molecule has 154 valence electrons. The average molecular weight is 381 g/mol. The number of esters is 1. The van der Waals surface area contributed by atoms with Crippen LogP contribution in [0.25, 0.3) is 0 Å². The molecular weight excluding hydrogens is 344 g/mol. The SMILES string of the molecule is CCNC(=NCCCC(=O)OC1CCCC1)NC1CCN(C(=O)C(C)C)C1. The summed E-state index contributed by atoms with van der Waals surface area (Å²) in [5.41, 5.74) is 0. The maximum absolute atomic E-state index is 12.1. The van der Waals surface area contributed by atoms with Crippen LogP contribution in [0, 0.1) is 5.92 Å². The summed E-state index contributed by atoms with van der Waals surface area (Å²) >= 11 is 0. The summed E-state index contributed by atoms with van der Waals surface area (Å²) in [4.78, 5) is 30.5. The van der Waals surface area contributed by atoms with Gasteiger partial charge in [0.25, 0.3) is 0 Å². The first-order valence-corrected chi connectivity index (χ1v) is 10.5.